The van der Waals surface area contributed by atoms with Crippen LogP contribution in [0.3, 0.4) is 0 Å². The van der Waals surface area contributed by atoms with Crippen LogP contribution >= 0.6 is 0 Å². The molecule has 0 bridgehead atoms. The topological polar surface area (TPSA) is 50.8 Å². The van der Waals surface area contributed by atoms with Gasteiger partial charge in [0.05, 0.1) is 19.3 Å². The number of hydrogen-bond donors (Lipinski definition) is 1. The van der Waals surface area contributed by atoms with Gasteiger partial charge in [-0.25, -0.2) is 0 Å². The Bertz CT molecular complexity index is 236. The summed E-state index contributed by atoms with van der Waals surface area (Å²) in [6.45, 7) is 5.81. The second-order valence-corrected chi connectivity index (χ2v) is 4.64. The molecule has 1 amide bonds. The molecule has 5 nitrogen and oxygen atoms in total. The molecular weight excluding hydrogens is 220 g/mol. The first-order valence-electron chi connectivity index (χ1n) is 6.53. The molecule has 1 N–H and O–H groups in total. The number of nitrogens with one attached hydrogen (secondary N) is 1. The van der Waals surface area contributed by atoms with Crippen LogP contribution in [0.25, 0.3) is 0 Å². The zero-order chi connectivity index (χ0) is 11.9. The van der Waals surface area contributed by atoms with Gasteiger partial charge in [0.1, 0.15) is 0 Å². The van der Waals surface area contributed by atoms with Crippen LogP contribution in [0, 0.1) is 0 Å². The van der Waals surface area contributed by atoms with Crippen LogP contribution in [0.5, 0.6) is 0 Å². The fourth-order valence-electron chi connectivity index (χ4n) is 2.21. The molecule has 2 aliphatic heterocycles. The van der Waals surface area contributed by atoms with E-state index in [2.05, 4.69) is 10.2 Å². The zero-order valence-corrected chi connectivity index (χ0v) is 10.3. The number of carbonyl (C=O) groups excluding carboxylic acids is 1. The highest BCUT2D eigenvalue weighted by molar-refractivity contribution is 5.76. The maximum atomic E-state index is 11.6. The average molecular weight is 242 g/mol. The molecule has 0 aliphatic carbocycles. The van der Waals surface area contributed by atoms with E-state index in [1.165, 1.54) is 0 Å². The van der Waals surface area contributed by atoms with Crippen molar-refractivity contribution in [1.82, 2.24) is 10.2 Å². The first kappa shape index (κ1) is 12.8. The molecule has 5 heteroatoms. The lowest BCUT2D eigenvalue weighted by Crippen LogP contribution is -2.39. The minimum atomic E-state index is 0.131. The number of nitrogens with zero attached hydrogens (tertiary/aromatic N) is 1. The van der Waals surface area contributed by atoms with Crippen LogP contribution in [0.2, 0.25) is 0 Å². The van der Waals surface area contributed by atoms with E-state index in [4.69, 9.17) is 9.47 Å². The SMILES string of the molecule is O=C(CCN1CCOCC1)NCC1CCCO1. The summed E-state index contributed by atoms with van der Waals surface area (Å²) in [5, 5.41) is 2.94. The smallest absolute Gasteiger partial charge is 0.221 e. The third-order valence-electron chi connectivity index (χ3n) is 3.31. The van der Waals surface area contributed by atoms with Crippen molar-refractivity contribution in [1.29, 1.82) is 0 Å². The predicted octanol–water partition coefficient (Wildman–Crippen LogP) is 0.00390. The highest BCUT2D eigenvalue weighted by Gasteiger charge is 2.16. The molecule has 0 saturated carbocycles. The van der Waals surface area contributed by atoms with Crippen molar-refractivity contribution in [2.75, 3.05) is 46.0 Å². The van der Waals surface area contributed by atoms with Gasteiger partial charge in [0.15, 0.2) is 0 Å². The Morgan fingerprint density at radius 3 is 2.82 bits per heavy atom. The second-order valence-electron chi connectivity index (χ2n) is 4.64. The first-order valence-corrected chi connectivity index (χ1v) is 6.53. The minimum absolute atomic E-state index is 0.131. The van der Waals surface area contributed by atoms with E-state index in [1.807, 2.05) is 0 Å². The van der Waals surface area contributed by atoms with Crippen LogP contribution in [0.4, 0.5) is 0 Å². The molecule has 1 unspecified atom stereocenters. The Morgan fingerprint density at radius 1 is 1.29 bits per heavy atom. The van der Waals surface area contributed by atoms with Gasteiger partial charge in [-0.1, -0.05) is 0 Å². The third-order valence-corrected chi connectivity index (χ3v) is 3.31. The van der Waals surface area contributed by atoms with Crippen molar-refractivity contribution in [2.45, 2.75) is 25.4 Å². The molecule has 17 heavy (non-hydrogen) atoms. The van der Waals surface area contributed by atoms with Crippen LogP contribution in [0.1, 0.15) is 19.3 Å². The molecule has 2 heterocycles. The van der Waals surface area contributed by atoms with Crippen molar-refractivity contribution in [3.63, 3.8) is 0 Å². The predicted molar refractivity (Wildman–Crippen MR) is 63.9 cm³/mol. The second kappa shape index (κ2) is 6.93. The van der Waals surface area contributed by atoms with Crippen molar-refractivity contribution in [3.8, 4) is 0 Å². The van der Waals surface area contributed by atoms with Gasteiger partial charge in [-0.3, -0.25) is 9.69 Å². The quantitative estimate of drug-likeness (QED) is 0.737. The summed E-state index contributed by atoms with van der Waals surface area (Å²) in [4.78, 5) is 13.9. The molecule has 2 aliphatic rings. The largest absolute Gasteiger partial charge is 0.379 e. The molecule has 0 aromatic rings. The van der Waals surface area contributed by atoms with Crippen molar-refractivity contribution in [2.24, 2.45) is 0 Å². The monoisotopic (exact) mass is 242 g/mol. The maximum Gasteiger partial charge on any atom is 0.221 e. The van der Waals surface area contributed by atoms with E-state index in [9.17, 15) is 4.79 Å². The molecular formula is C12H22N2O3. The lowest BCUT2D eigenvalue weighted by atomic mass is 10.2. The normalized spacial score (nSPS) is 26.0. The number of ether oxygens (including phenoxy) is 2. The maximum absolute atomic E-state index is 11.6. The number of morpholine rings is 1. The highest BCUT2D eigenvalue weighted by atomic mass is 16.5. The summed E-state index contributed by atoms with van der Waals surface area (Å²) < 4.78 is 10.7. The summed E-state index contributed by atoms with van der Waals surface area (Å²) in [6, 6.07) is 0. The summed E-state index contributed by atoms with van der Waals surface area (Å²) in [5.41, 5.74) is 0. The van der Waals surface area contributed by atoms with E-state index < -0.39 is 0 Å². The Kier molecular flexibility index (Phi) is 5.22. The molecule has 98 valence electrons. The van der Waals surface area contributed by atoms with E-state index in [0.29, 0.717) is 13.0 Å². The van der Waals surface area contributed by atoms with Crippen LogP contribution < -0.4 is 5.32 Å². The lowest BCUT2D eigenvalue weighted by Gasteiger charge is -2.26. The van der Waals surface area contributed by atoms with E-state index in [0.717, 1.165) is 52.3 Å². The highest BCUT2D eigenvalue weighted by Crippen LogP contribution is 2.10. The first-order chi connectivity index (χ1) is 8.34. The summed E-state index contributed by atoms with van der Waals surface area (Å²) in [5.74, 6) is 0.131. The molecule has 2 fully saturated rings. The molecule has 1 atom stereocenters. The number of hydrogen-bond acceptors (Lipinski definition) is 4. The van der Waals surface area contributed by atoms with Gasteiger partial charge in [-0.05, 0) is 12.8 Å². The Morgan fingerprint density at radius 2 is 2.12 bits per heavy atom. The van der Waals surface area contributed by atoms with E-state index >= 15 is 0 Å². The average Bonchev–Trinajstić information content (AvgIpc) is 2.88. The summed E-state index contributed by atoms with van der Waals surface area (Å²) in [6.07, 6.45) is 3.01. The Balaban J connectivity index is 1.53. The molecule has 0 radical (unpaired) electrons. The fourth-order valence-corrected chi connectivity index (χ4v) is 2.21. The zero-order valence-electron chi connectivity index (χ0n) is 10.3. The van der Waals surface area contributed by atoms with Gasteiger partial charge in [0.2, 0.25) is 5.91 Å². The van der Waals surface area contributed by atoms with Crippen LogP contribution in [-0.4, -0.2) is 62.9 Å². The molecule has 2 saturated heterocycles. The summed E-state index contributed by atoms with van der Waals surface area (Å²) >= 11 is 0. The van der Waals surface area contributed by atoms with Crippen LogP contribution in [-0.2, 0) is 14.3 Å². The van der Waals surface area contributed by atoms with Gasteiger partial charge in [0, 0.05) is 39.2 Å². The van der Waals surface area contributed by atoms with Crippen molar-refractivity contribution < 1.29 is 14.3 Å². The van der Waals surface area contributed by atoms with E-state index in [1.54, 1.807) is 0 Å². The molecule has 0 spiro atoms. The van der Waals surface area contributed by atoms with Gasteiger partial charge in [0.25, 0.3) is 0 Å². The van der Waals surface area contributed by atoms with Gasteiger partial charge in [-0.15, -0.1) is 0 Å². The van der Waals surface area contributed by atoms with Crippen LogP contribution in [0.15, 0.2) is 0 Å². The minimum Gasteiger partial charge on any atom is -0.379 e. The molecule has 2 rings (SSSR count). The van der Waals surface area contributed by atoms with Gasteiger partial charge in [-0.2, -0.15) is 0 Å². The van der Waals surface area contributed by atoms with Gasteiger partial charge < -0.3 is 14.8 Å². The standard InChI is InChI=1S/C12H22N2O3/c15-12(13-10-11-2-1-7-17-11)3-4-14-5-8-16-9-6-14/h11H,1-10H2,(H,13,15). The number of amides is 1. The Hall–Kier alpha value is -0.650. The van der Waals surface area contributed by atoms with Crippen molar-refractivity contribution in [3.05, 3.63) is 0 Å². The van der Waals surface area contributed by atoms with E-state index in [-0.39, 0.29) is 12.0 Å². The molecule has 0 aromatic heterocycles. The van der Waals surface area contributed by atoms with Gasteiger partial charge >= 0.3 is 0 Å². The number of rotatable bonds is 5. The van der Waals surface area contributed by atoms with Crippen molar-refractivity contribution >= 4 is 5.91 Å². The lowest BCUT2D eigenvalue weighted by molar-refractivity contribution is -0.122. The third kappa shape index (κ3) is 4.61. The molecule has 0 aromatic carbocycles. The summed E-state index contributed by atoms with van der Waals surface area (Å²) in [7, 11) is 0. The number of carbonyl (C=O) groups is 1. The fraction of sp³-hybridized carbons (Fsp3) is 0.917. The Labute approximate surface area is 102 Å².